The van der Waals surface area contributed by atoms with Crippen molar-refractivity contribution < 1.29 is 22.7 Å². The van der Waals surface area contributed by atoms with E-state index in [1.54, 1.807) is 0 Å². The Bertz CT molecular complexity index is 1100. The molecular formula is C20H24FN5O4S. The molecule has 2 aliphatic rings. The predicted octanol–water partition coefficient (Wildman–Crippen LogP) is 1.85. The van der Waals surface area contributed by atoms with Gasteiger partial charge in [-0.1, -0.05) is 6.58 Å². The first kappa shape index (κ1) is 21.2. The van der Waals surface area contributed by atoms with Crippen molar-refractivity contribution in [2.45, 2.75) is 13.5 Å². The molecule has 0 spiro atoms. The summed E-state index contributed by atoms with van der Waals surface area (Å²) in [4.78, 5) is 6.76. The topological polar surface area (TPSA) is 107 Å². The van der Waals surface area contributed by atoms with Crippen LogP contribution in [0.25, 0.3) is 0 Å². The van der Waals surface area contributed by atoms with Gasteiger partial charge in [0.15, 0.2) is 5.82 Å². The van der Waals surface area contributed by atoms with Crippen LogP contribution >= 0.6 is 0 Å². The zero-order valence-electron chi connectivity index (χ0n) is 17.1. The number of rotatable bonds is 5. The first-order valence-electron chi connectivity index (χ1n) is 9.78. The number of aromatic nitrogens is 1. The number of nitrogens with zero attached hydrogens (tertiary/aromatic N) is 3. The van der Waals surface area contributed by atoms with Crippen LogP contribution in [0.2, 0.25) is 0 Å². The molecule has 0 aliphatic carbocycles. The molecule has 2 aliphatic heterocycles. The molecule has 1 aromatic heterocycles. The monoisotopic (exact) mass is 449 g/mol. The number of aromatic hydroxyl groups is 1. The molecule has 3 N–H and O–H groups in total. The van der Waals surface area contributed by atoms with Crippen molar-refractivity contribution in [1.29, 1.82) is 0 Å². The smallest absolute Gasteiger partial charge is 0.324 e. The minimum absolute atomic E-state index is 0.151. The number of hydrogen-bond acceptors (Lipinski definition) is 7. The van der Waals surface area contributed by atoms with E-state index >= 15 is 0 Å². The van der Waals surface area contributed by atoms with Crippen molar-refractivity contribution in [3.05, 3.63) is 53.5 Å². The lowest BCUT2D eigenvalue weighted by molar-refractivity contribution is 0.122. The summed E-state index contributed by atoms with van der Waals surface area (Å²) >= 11 is 0. The number of phenolic OH excluding ortho intramolecular Hbond substituents is 1. The Balaban J connectivity index is 1.52. The molecule has 0 atom stereocenters. The summed E-state index contributed by atoms with van der Waals surface area (Å²) in [5, 5.41) is 13.5. The molecule has 3 heterocycles. The van der Waals surface area contributed by atoms with E-state index in [0.717, 1.165) is 28.8 Å². The van der Waals surface area contributed by atoms with Crippen LogP contribution in [-0.2, 0) is 21.5 Å². The fourth-order valence-corrected chi connectivity index (χ4v) is 4.89. The van der Waals surface area contributed by atoms with E-state index in [4.69, 9.17) is 4.74 Å². The van der Waals surface area contributed by atoms with E-state index in [1.165, 1.54) is 12.1 Å². The van der Waals surface area contributed by atoms with Gasteiger partial charge in [-0.25, -0.2) is 13.7 Å². The lowest BCUT2D eigenvalue weighted by Crippen LogP contribution is -2.36. The molecule has 4 rings (SSSR count). The third-order valence-corrected chi connectivity index (χ3v) is 6.45. The summed E-state index contributed by atoms with van der Waals surface area (Å²) in [5.74, 6) is 0.140. The number of ether oxygens (including phenoxy) is 1. The van der Waals surface area contributed by atoms with E-state index in [0.29, 0.717) is 24.6 Å². The van der Waals surface area contributed by atoms with Crippen LogP contribution in [0.1, 0.15) is 11.1 Å². The fourth-order valence-electron chi connectivity index (χ4n) is 3.60. The summed E-state index contributed by atoms with van der Waals surface area (Å²) in [6.45, 7) is 8.39. The highest BCUT2D eigenvalue weighted by molar-refractivity contribution is 7.91. The molecule has 9 nitrogen and oxygen atoms in total. The van der Waals surface area contributed by atoms with Gasteiger partial charge in [0.1, 0.15) is 23.1 Å². The third kappa shape index (κ3) is 4.52. The predicted molar refractivity (Wildman–Crippen MR) is 116 cm³/mol. The SMILES string of the molecule is C=C1CN(c2c(O)cc(CNc3cc(C)cc(N4CCOCC4)n3)cc2F)S(=O)(=O)N1. The average Bonchev–Trinajstić information content (AvgIpc) is 2.98. The molecule has 2 aromatic rings. The Morgan fingerprint density at radius 1 is 1.29 bits per heavy atom. The number of benzene rings is 1. The van der Waals surface area contributed by atoms with Gasteiger partial charge in [0.2, 0.25) is 0 Å². The van der Waals surface area contributed by atoms with Crippen molar-refractivity contribution in [2.75, 3.05) is 47.4 Å². The normalized spacial score (nSPS) is 18.2. The first-order chi connectivity index (χ1) is 14.7. The van der Waals surface area contributed by atoms with E-state index < -0.39 is 27.5 Å². The Morgan fingerprint density at radius 2 is 2.03 bits per heavy atom. The molecule has 166 valence electrons. The van der Waals surface area contributed by atoms with Crippen LogP contribution in [0.5, 0.6) is 5.75 Å². The number of morpholine rings is 1. The largest absolute Gasteiger partial charge is 0.506 e. The molecule has 0 saturated carbocycles. The number of pyridine rings is 1. The van der Waals surface area contributed by atoms with Crippen molar-refractivity contribution in [1.82, 2.24) is 9.71 Å². The fraction of sp³-hybridized carbons (Fsp3) is 0.350. The lowest BCUT2D eigenvalue weighted by Gasteiger charge is -2.28. The molecule has 31 heavy (non-hydrogen) atoms. The van der Waals surface area contributed by atoms with Gasteiger partial charge in [0.05, 0.1) is 19.8 Å². The minimum Gasteiger partial charge on any atom is -0.506 e. The van der Waals surface area contributed by atoms with Gasteiger partial charge in [-0.05, 0) is 42.3 Å². The van der Waals surface area contributed by atoms with Crippen molar-refractivity contribution in [3.8, 4) is 5.75 Å². The zero-order valence-corrected chi connectivity index (χ0v) is 17.9. The summed E-state index contributed by atoms with van der Waals surface area (Å²) < 4.78 is 47.3. The van der Waals surface area contributed by atoms with Crippen LogP contribution in [0.15, 0.2) is 36.5 Å². The van der Waals surface area contributed by atoms with Gasteiger partial charge in [-0.2, -0.15) is 8.42 Å². The summed E-state index contributed by atoms with van der Waals surface area (Å²) in [5.41, 5.74) is 1.26. The van der Waals surface area contributed by atoms with Gasteiger partial charge < -0.3 is 20.1 Å². The quantitative estimate of drug-likeness (QED) is 0.640. The standard InChI is InChI=1S/C20H24FN5O4S/c1-13-7-18(23-19(8-13)25-3-5-30-6-4-25)22-11-15-9-16(21)20(17(27)10-15)26-12-14(2)24-31(26,28)29/h7-10,24,27H,2-6,11-12H2,1H3,(H,22,23). The van der Waals surface area contributed by atoms with Gasteiger partial charge >= 0.3 is 10.2 Å². The van der Waals surface area contributed by atoms with Crippen LogP contribution in [0, 0.1) is 12.7 Å². The Hall–Kier alpha value is -3.05. The molecule has 11 heteroatoms. The summed E-state index contributed by atoms with van der Waals surface area (Å²) in [6, 6.07) is 6.40. The highest BCUT2D eigenvalue weighted by atomic mass is 32.2. The van der Waals surface area contributed by atoms with Crippen LogP contribution in [0.4, 0.5) is 21.7 Å². The van der Waals surface area contributed by atoms with E-state index in [-0.39, 0.29) is 18.8 Å². The summed E-state index contributed by atoms with van der Waals surface area (Å²) in [7, 11) is -3.98. The molecule has 2 saturated heterocycles. The average molecular weight is 450 g/mol. The Labute approximate surface area is 180 Å². The Kier molecular flexibility index (Phi) is 5.63. The third-order valence-electron chi connectivity index (χ3n) is 5.02. The van der Waals surface area contributed by atoms with Gasteiger partial charge in [-0.15, -0.1) is 0 Å². The maximum atomic E-state index is 14.7. The van der Waals surface area contributed by atoms with Crippen LogP contribution < -0.4 is 19.2 Å². The van der Waals surface area contributed by atoms with Crippen molar-refractivity contribution in [3.63, 3.8) is 0 Å². The van der Waals surface area contributed by atoms with E-state index in [1.807, 2.05) is 19.1 Å². The second-order valence-corrected chi connectivity index (χ2v) is 9.10. The van der Waals surface area contributed by atoms with Crippen LogP contribution in [-0.4, -0.2) is 51.4 Å². The summed E-state index contributed by atoms with van der Waals surface area (Å²) in [6.07, 6.45) is 0. The highest BCUT2D eigenvalue weighted by Gasteiger charge is 2.34. The minimum atomic E-state index is -3.98. The lowest BCUT2D eigenvalue weighted by atomic mass is 10.1. The number of aryl methyl sites for hydroxylation is 1. The van der Waals surface area contributed by atoms with Gasteiger partial charge in [0.25, 0.3) is 0 Å². The molecule has 0 unspecified atom stereocenters. The van der Waals surface area contributed by atoms with Gasteiger partial charge in [-0.3, -0.25) is 4.72 Å². The molecule has 0 amide bonds. The molecular weight excluding hydrogens is 425 g/mol. The second kappa shape index (κ2) is 8.23. The molecule has 0 bridgehead atoms. The van der Waals surface area contributed by atoms with E-state index in [9.17, 15) is 17.9 Å². The Morgan fingerprint density at radius 3 is 2.68 bits per heavy atom. The van der Waals surface area contributed by atoms with E-state index in [2.05, 4.69) is 26.5 Å². The first-order valence-corrected chi connectivity index (χ1v) is 11.2. The number of phenols is 1. The molecule has 1 aromatic carbocycles. The maximum absolute atomic E-state index is 14.7. The zero-order chi connectivity index (χ0) is 22.2. The van der Waals surface area contributed by atoms with Gasteiger partial charge in [0, 0.05) is 25.3 Å². The number of anilines is 3. The second-order valence-electron chi connectivity index (χ2n) is 7.50. The number of nitrogens with one attached hydrogen (secondary N) is 2. The molecule has 2 fully saturated rings. The molecule has 0 radical (unpaired) electrons. The van der Waals surface area contributed by atoms with Crippen molar-refractivity contribution in [2.24, 2.45) is 0 Å². The number of halogens is 1. The van der Waals surface area contributed by atoms with Crippen LogP contribution in [0.3, 0.4) is 0 Å². The highest BCUT2D eigenvalue weighted by Crippen LogP contribution is 2.35. The van der Waals surface area contributed by atoms with Crippen molar-refractivity contribution >= 4 is 27.5 Å². The number of hydrogen-bond donors (Lipinski definition) is 3. The maximum Gasteiger partial charge on any atom is 0.324 e.